The zero-order chi connectivity index (χ0) is 22.2. The summed E-state index contributed by atoms with van der Waals surface area (Å²) in [4.78, 5) is 13.6. The van der Waals surface area contributed by atoms with Crippen molar-refractivity contribution in [3.8, 4) is 0 Å². The molecule has 1 aromatic heterocycles. The van der Waals surface area contributed by atoms with Gasteiger partial charge >= 0.3 is 5.97 Å². The number of rotatable bonds is 11. The van der Waals surface area contributed by atoms with Gasteiger partial charge < -0.3 is 4.74 Å². The standard InChI is InChI=1S/C27H37ClO2S/c1-4-5-6-7-9-20-12-14-21(15-13-20)26-19(2)18-24(28)23(26)11-8-10-22-16-17-25(31-22)27(29)30-3/h12-17,19,23-24,26H,4-11,18H2,1-3H3. The summed E-state index contributed by atoms with van der Waals surface area (Å²) in [5.41, 5.74) is 2.92. The van der Waals surface area contributed by atoms with Gasteiger partial charge in [-0.3, -0.25) is 0 Å². The fourth-order valence-corrected chi connectivity index (χ4v) is 6.69. The Hall–Kier alpha value is -1.32. The molecule has 0 spiro atoms. The average molecular weight is 461 g/mol. The molecule has 1 fully saturated rings. The number of alkyl halides is 1. The van der Waals surface area contributed by atoms with E-state index in [0.29, 0.717) is 22.6 Å². The van der Waals surface area contributed by atoms with Crippen LogP contribution in [0.3, 0.4) is 0 Å². The van der Waals surface area contributed by atoms with Crippen molar-refractivity contribution in [3.05, 3.63) is 57.3 Å². The number of halogens is 1. The van der Waals surface area contributed by atoms with Gasteiger partial charge in [-0.15, -0.1) is 22.9 Å². The lowest BCUT2D eigenvalue weighted by Crippen LogP contribution is -2.16. The number of aryl methyl sites for hydroxylation is 2. The molecule has 1 aliphatic carbocycles. The fraction of sp³-hybridized carbons (Fsp3) is 0.593. The molecule has 3 rings (SSSR count). The van der Waals surface area contributed by atoms with E-state index in [1.807, 2.05) is 6.07 Å². The highest BCUT2D eigenvalue weighted by molar-refractivity contribution is 7.13. The Morgan fingerprint density at radius 2 is 1.84 bits per heavy atom. The number of esters is 1. The molecule has 0 aliphatic heterocycles. The summed E-state index contributed by atoms with van der Waals surface area (Å²) in [6.07, 6.45) is 10.8. The van der Waals surface area contributed by atoms with Gasteiger partial charge in [0.2, 0.25) is 0 Å². The molecule has 0 saturated heterocycles. The van der Waals surface area contributed by atoms with Crippen LogP contribution in [0.1, 0.15) is 90.4 Å². The van der Waals surface area contributed by atoms with Crippen molar-refractivity contribution in [2.24, 2.45) is 11.8 Å². The van der Waals surface area contributed by atoms with Crippen LogP contribution < -0.4 is 0 Å². The zero-order valence-electron chi connectivity index (χ0n) is 19.2. The first-order chi connectivity index (χ1) is 15.0. The highest BCUT2D eigenvalue weighted by Crippen LogP contribution is 2.48. The predicted molar refractivity (Wildman–Crippen MR) is 133 cm³/mol. The second kappa shape index (κ2) is 12.1. The van der Waals surface area contributed by atoms with E-state index in [1.54, 1.807) is 11.3 Å². The number of methoxy groups -OCH3 is 1. The van der Waals surface area contributed by atoms with E-state index in [2.05, 4.69) is 44.2 Å². The van der Waals surface area contributed by atoms with Crippen LogP contribution in [0.2, 0.25) is 0 Å². The third-order valence-electron chi connectivity index (χ3n) is 6.83. The Balaban J connectivity index is 1.57. The highest BCUT2D eigenvalue weighted by atomic mass is 35.5. The van der Waals surface area contributed by atoms with Gasteiger partial charge in [-0.25, -0.2) is 4.79 Å². The lowest BCUT2D eigenvalue weighted by atomic mass is 9.81. The lowest BCUT2D eigenvalue weighted by molar-refractivity contribution is 0.0606. The first kappa shape index (κ1) is 24.3. The Labute approximate surface area is 197 Å². The predicted octanol–water partition coefficient (Wildman–Crippen LogP) is 8.03. The molecule has 4 unspecified atom stereocenters. The van der Waals surface area contributed by atoms with E-state index in [1.165, 1.54) is 55.2 Å². The van der Waals surface area contributed by atoms with Gasteiger partial charge in [-0.05, 0) is 79.5 Å². The Morgan fingerprint density at radius 1 is 1.06 bits per heavy atom. The maximum absolute atomic E-state index is 11.7. The molecule has 2 nitrogen and oxygen atoms in total. The quantitative estimate of drug-likeness (QED) is 0.193. The summed E-state index contributed by atoms with van der Waals surface area (Å²) in [6.45, 7) is 4.62. The third-order valence-corrected chi connectivity index (χ3v) is 8.46. The largest absolute Gasteiger partial charge is 0.465 e. The molecular formula is C27H37ClO2S. The van der Waals surface area contributed by atoms with E-state index in [4.69, 9.17) is 16.3 Å². The van der Waals surface area contributed by atoms with Crippen molar-refractivity contribution >= 4 is 28.9 Å². The van der Waals surface area contributed by atoms with Gasteiger partial charge in [0.25, 0.3) is 0 Å². The van der Waals surface area contributed by atoms with Gasteiger partial charge in [-0.2, -0.15) is 0 Å². The van der Waals surface area contributed by atoms with Crippen LogP contribution >= 0.6 is 22.9 Å². The molecule has 1 saturated carbocycles. The number of thiophene rings is 1. The van der Waals surface area contributed by atoms with Gasteiger partial charge in [-0.1, -0.05) is 57.4 Å². The summed E-state index contributed by atoms with van der Waals surface area (Å²) < 4.78 is 4.82. The highest BCUT2D eigenvalue weighted by Gasteiger charge is 2.40. The van der Waals surface area contributed by atoms with Crippen molar-refractivity contribution < 1.29 is 9.53 Å². The molecule has 2 aromatic rings. The van der Waals surface area contributed by atoms with Crippen LogP contribution in [-0.2, 0) is 17.6 Å². The summed E-state index contributed by atoms with van der Waals surface area (Å²) in [7, 11) is 1.43. The van der Waals surface area contributed by atoms with Crippen molar-refractivity contribution in [1.82, 2.24) is 0 Å². The maximum Gasteiger partial charge on any atom is 0.348 e. The van der Waals surface area contributed by atoms with E-state index < -0.39 is 0 Å². The van der Waals surface area contributed by atoms with Crippen molar-refractivity contribution in [3.63, 3.8) is 0 Å². The van der Waals surface area contributed by atoms with Crippen LogP contribution in [0.5, 0.6) is 0 Å². The summed E-state index contributed by atoms with van der Waals surface area (Å²) in [6, 6.07) is 13.3. The molecule has 4 heteroatoms. The van der Waals surface area contributed by atoms with Crippen LogP contribution in [0, 0.1) is 11.8 Å². The minimum atomic E-state index is -0.240. The van der Waals surface area contributed by atoms with Gasteiger partial charge in [0.15, 0.2) is 0 Å². The molecule has 1 aromatic carbocycles. The van der Waals surface area contributed by atoms with Gasteiger partial charge in [0, 0.05) is 10.3 Å². The molecular weight excluding hydrogens is 424 g/mol. The second-order valence-electron chi connectivity index (χ2n) is 9.12. The first-order valence-corrected chi connectivity index (χ1v) is 13.2. The van der Waals surface area contributed by atoms with Crippen LogP contribution in [0.4, 0.5) is 0 Å². The van der Waals surface area contributed by atoms with Crippen LogP contribution in [0.15, 0.2) is 36.4 Å². The molecule has 0 radical (unpaired) electrons. The van der Waals surface area contributed by atoms with Crippen molar-refractivity contribution in [1.29, 1.82) is 0 Å². The molecule has 1 heterocycles. The fourth-order valence-electron chi connectivity index (χ4n) is 5.16. The van der Waals surface area contributed by atoms with Crippen LogP contribution in [-0.4, -0.2) is 18.5 Å². The lowest BCUT2D eigenvalue weighted by Gasteiger charge is -2.25. The van der Waals surface area contributed by atoms with Gasteiger partial charge in [0.1, 0.15) is 4.88 Å². The average Bonchev–Trinajstić information content (AvgIpc) is 3.35. The number of unbranched alkanes of at least 4 members (excludes halogenated alkanes) is 3. The molecule has 0 amide bonds. The second-order valence-corrected chi connectivity index (χ2v) is 10.8. The minimum Gasteiger partial charge on any atom is -0.465 e. The van der Waals surface area contributed by atoms with E-state index >= 15 is 0 Å². The Bertz CT molecular complexity index is 813. The molecule has 0 bridgehead atoms. The van der Waals surface area contributed by atoms with E-state index in [9.17, 15) is 4.79 Å². The number of carbonyl (C=O) groups is 1. The number of benzene rings is 1. The number of carbonyl (C=O) groups excluding carboxylic acids is 1. The number of hydrogen-bond acceptors (Lipinski definition) is 3. The SMILES string of the molecule is CCCCCCc1ccc(C2C(C)CC(Cl)C2CCCc2ccc(C(=O)OC)s2)cc1. The molecule has 0 N–H and O–H groups in total. The van der Waals surface area contributed by atoms with E-state index in [-0.39, 0.29) is 11.3 Å². The maximum atomic E-state index is 11.7. The number of ether oxygens (including phenoxy) is 1. The summed E-state index contributed by atoms with van der Waals surface area (Å²) >= 11 is 8.38. The van der Waals surface area contributed by atoms with Gasteiger partial charge in [0.05, 0.1) is 7.11 Å². The Morgan fingerprint density at radius 3 is 2.55 bits per heavy atom. The molecule has 31 heavy (non-hydrogen) atoms. The third kappa shape index (κ3) is 6.58. The van der Waals surface area contributed by atoms with Crippen LogP contribution in [0.25, 0.3) is 0 Å². The molecule has 4 atom stereocenters. The summed E-state index contributed by atoms with van der Waals surface area (Å²) in [5, 5.41) is 0.252. The minimum absolute atomic E-state index is 0.240. The van der Waals surface area contributed by atoms with Crippen molar-refractivity contribution in [2.45, 2.75) is 82.9 Å². The first-order valence-electron chi connectivity index (χ1n) is 11.9. The number of hydrogen-bond donors (Lipinski definition) is 0. The molecule has 1 aliphatic rings. The van der Waals surface area contributed by atoms with Crippen molar-refractivity contribution in [2.75, 3.05) is 7.11 Å². The van der Waals surface area contributed by atoms with E-state index in [0.717, 1.165) is 25.7 Å². The topological polar surface area (TPSA) is 26.3 Å². The zero-order valence-corrected chi connectivity index (χ0v) is 20.8. The monoisotopic (exact) mass is 460 g/mol. The molecule has 170 valence electrons. The smallest absolute Gasteiger partial charge is 0.348 e. The normalized spacial score (nSPS) is 23.2. The summed E-state index contributed by atoms with van der Waals surface area (Å²) in [5.74, 6) is 1.45. The Kier molecular flexibility index (Phi) is 9.47.